The molecule has 0 saturated heterocycles. The van der Waals surface area contributed by atoms with Crippen LogP contribution in [0.4, 0.5) is 0 Å². The Bertz CT molecular complexity index is 278. The molecule has 134 valence electrons. The molecule has 3 aliphatic rings. The predicted molar refractivity (Wildman–Crippen MR) is 105 cm³/mol. The van der Waals surface area contributed by atoms with E-state index in [0.29, 0.717) is 0 Å². The summed E-state index contributed by atoms with van der Waals surface area (Å²) in [6.07, 6.45) is 23.8. The standard InChI is InChI=1S/C9H12.C9H18.2CH3.2ClH.Zr/c1-2-5-9-7-3-6-8(9)4-1;1-2-3-6-9-7-4-5-8-9;;;;;/h1-2,4-5,8-9H,3,6-7H2;9H,2-8H2,1H3;2*1H3;2*1H;/q;;2*-1;;;+4/p-2. The molecule has 2 saturated carbocycles. The van der Waals surface area contributed by atoms with E-state index >= 15 is 0 Å². The molecule has 0 aromatic carbocycles. The van der Waals surface area contributed by atoms with E-state index in [2.05, 4.69) is 31.2 Å². The van der Waals surface area contributed by atoms with E-state index in [-0.39, 0.29) is 14.9 Å². The summed E-state index contributed by atoms with van der Waals surface area (Å²) in [7, 11) is 9.87. The van der Waals surface area contributed by atoms with Crippen LogP contribution in [0.2, 0.25) is 0 Å². The van der Waals surface area contributed by atoms with E-state index in [4.69, 9.17) is 17.0 Å². The first kappa shape index (κ1) is 26.2. The first-order valence-electron chi connectivity index (χ1n) is 8.63. The molecular formula is C20H36Cl2Zr. The van der Waals surface area contributed by atoms with Crippen molar-refractivity contribution >= 4 is 17.0 Å². The van der Waals surface area contributed by atoms with Crippen LogP contribution in [0.15, 0.2) is 24.3 Å². The molecule has 0 heterocycles. The molecular weight excluding hydrogens is 402 g/mol. The van der Waals surface area contributed by atoms with Crippen molar-refractivity contribution in [3.05, 3.63) is 39.2 Å². The molecule has 3 rings (SSSR count). The number of unbranched alkanes of at least 4 members (excludes halogenated alkanes) is 1. The summed E-state index contributed by atoms with van der Waals surface area (Å²) in [5.41, 5.74) is 0. The molecule has 0 amide bonds. The second-order valence-electron chi connectivity index (χ2n) is 6.39. The molecule has 0 nitrogen and oxygen atoms in total. The second kappa shape index (κ2) is 17.8. The predicted octanol–water partition coefficient (Wildman–Crippen LogP) is 8.17. The van der Waals surface area contributed by atoms with Gasteiger partial charge in [-0.3, -0.25) is 0 Å². The third-order valence-electron chi connectivity index (χ3n) is 4.89. The van der Waals surface area contributed by atoms with Crippen molar-refractivity contribution < 1.29 is 20.8 Å². The quantitative estimate of drug-likeness (QED) is 0.390. The third-order valence-corrected chi connectivity index (χ3v) is 4.89. The van der Waals surface area contributed by atoms with Gasteiger partial charge in [0.2, 0.25) is 0 Å². The summed E-state index contributed by atoms with van der Waals surface area (Å²) in [6.45, 7) is 2.29. The molecule has 0 N–H and O–H groups in total. The Kier molecular flexibility index (Phi) is 20.2. The Labute approximate surface area is 165 Å². The maximum absolute atomic E-state index is 4.93. The molecule has 3 aliphatic carbocycles. The average Bonchev–Trinajstić information content (AvgIpc) is 3.18. The fourth-order valence-corrected chi connectivity index (χ4v) is 3.70. The fraction of sp³-hybridized carbons (Fsp3) is 0.700. The van der Waals surface area contributed by atoms with Gasteiger partial charge in [0.1, 0.15) is 0 Å². The first-order chi connectivity index (χ1) is 10.3. The summed E-state index contributed by atoms with van der Waals surface area (Å²) in [5.74, 6) is 2.91. The molecule has 2 atom stereocenters. The number of allylic oxidation sites excluding steroid dienone is 4. The van der Waals surface area contributed by atoms with Gasteiger partial charge in [-0.25, -0.2) is 0 Å². The van der Waals surface area contributed by atoms with E-state index in [1.807, 2.05) is 0 Å². The number of halogens is 2. The van der Waals surface area contributed by atoms with Gasteiger partial charge in [0, 0.05) is 0 Å². The van der Waals surface area contributed by atoms with Crippen LogP contribution in [-0.4, -0.2) is 0 Å². The van der Waals surface area contributed by atoms with E-state index < -0.39 is 20.8 Å². The fourth-order valence-electron chi connectivity index (χ4n) is 3.70. The van der Waals surface area contributed by atoms with Gasteiger partial charge in [0.25, 0.3) is 0 Å². The van der Waals surface area contributed by atoms with Crippen LogP contribution < -0.4 is 0 Å². The average molecular weight is 439 g/mol. The Morgan fingerprint density at radius 3 is 1.78 bits per heavy atom. The Hall–Kier alpha value is 0.943. The van der Waals surface area contributed by atoms with Gasteiger partial charge in [0.05, 0.1) is 0 Å². The number of fused-ring (bicyclic) bond motifs is 1. The van der Waals surface area contributed by atoms with Crippen molar-refractivity contribution in [2.24, 2.45) is 17.8 Å². The van der Waals surface area contributed by atoms with Crippen LogP contribution in [0.1, 0.15) is 71.1 Å². The molecule has 23 heavy (non-hydrogen) atoms. The molecule has 0 aliphatic heterocycles. The normalized spacial score (nSPS) is 24.0. The molecule has 0 spiro atoms. The third kappa shape index (κ3) is 12.0. The summed E-state index contributed by atoms with van der Waals surface area (Å²) < 4.78 is 0. The summed E-state index contributed by atoms with van der Waals surface area (Å²) in [5, 5.41) is 0. The van der Waals surface area contributed by atoms with Crippen LogP contribution in [0.3, 0.4) is 0 Å². The van der Waals surface area contributed by atoms with E-state index in [1.165, 1.54) is 64.2 Å². The number of hydrogen-bond donors (Lipinski definition) is 0. The molecule has 3 heteroatoms. The molecule has 0 aromatic rings. The van der Waals surface area contributed by atoms with Crippen molar-refractivity contribution in [3.63, 3.8) is 0 Å². The van der Waals surface area contributed by atoms with Gasteiger partial charge in [-0.1, -0.05) is 82.6 Å². The minimum absolute atomic E-state index is 0. The van der Waals surface area contributed by atoms with Crippen LogP contribution in [0, 0.1) is 32.6 Å². The second-order valence-corrected chi connectivity index (χ2v) is 10.1. The topological polar surface area (TPSA) is 0 Å². The van der Waals surface area contributed by atoms with E-state index in [9.17, 15) is 0 Å². The molecule has 0 aromatic heterocycles. The van der Waals surface area contributed by atoms with Crippen LogP contribution in [0.5, 0.6) is 0 Å². The number of hydrogen-bond acceptors (Lipinski definition) is 0. The van der Waals surface area contributed by atoms with Crippen LogP contribution in [0.25, 0.3) is 0 Å². The monoisotopic (exact) mass is 436 g/mol. The first-order valence-corrected chi connectivity index (χ1v) is 15.0. The zero-order valence-electron chi connectivity index (χ0n) is 15.4. The van der Waals surface area contributed by atoms with Crippen molar-refractivity contribution in [1.29, 1.82) is 0 Å². The van der Waals surface area contributed by atoms with Gasteiger partial charge in [-0.05, 0) is 30.6 Å². The maximum atomic E-state index is 4.93. The number of rotatable bonds is 3. The van der Waals surface area contributed by atoms with Crippen molar-refractivity contribution in [2.45, 2.75) is 71.1 Å². The Morgan fingerprint density at radius 2 is 1.35 bits per heavy atom. The molecule has 0 bridgehead atoms. The van der Waals surface area contributed by atoms with Crippen LogP contribution in [-0.2, 0) is 20.8 Å². The van der Waals surface area contributed by atoms with Crippen molar-refractivity contribution in [2.75, 3.05) is 0 Å². The Balaban J connectivity index is 0. The molecule has 2 unspecified atom stereocenters. The van der Waals surface area contributed by atoms with Crippen LogP contribution >= 0.6 is 17.0 Å². The van der Waals surface area contributed by atoms with E-state index in [0.717, 1.165) is 17.8 Å². The SMILES string of the molecule is C1=CC2CCCC2C=C1.CCCCC1CCCC1.[CH3-].[CH3-].[Cl][Zr+2][Cl]. The molecule has 2 fully saturated rings. The summed E-state index contributed by atoms with van der Waals surface area (Å²) in [6, 6.07) is 0. The Morgan fingerprint density at radius 1 is 0.870 bits per heavy atom. The van der Waals surface area contributed by atoms with Gasteiger partial charge >= 0.3 is 37.9 Å². The summed E-state index contributed by atoms with van der Waals surface area (Å²) >= 11 is -0.826. The molecule has 0 radical (unpaired) electrons. The van der Waals surface area contributed by atoms with Gasteiger partial charge in [0.15, 0.2) is 0 Å². The minimum atomic E-state index is -0.826. The van der Waals surface area contributed by atoms with Crippen molar-refractivity contribution in [3.8, 4) is 0 Å². The van der Waals surface area contributed by atoms with Gasteiger partial charge in [-0.2, -0.15) is 0 Å². The van der Waals surface area contributed by atoms with Gasteiger partial charge in [-0.15, -0.1) is 0 Å². The summed E-state index contributed by atoms with van der Waals surface area (Å²) in [4.78, 5) is 0. The van der Waals surface area contributed by atoms with E-state index in [1.54, 1.807) is 0 Å². The van der Waals surface area contributed by atoms with Crippen molar-refractivity contribution in [1.82, 2.24) is 0 Å². The van der Waals surface area contributed by atoms with Gasteiger partial charge < -0.3 is 14.9 Å². The zero-order chi connectivity index (χ0) is 15.3. The zero-order valence-corrected chi connectivity index (χ0v) is 19.3.